The molecule has 0 unspecified atom stereocenters. The Morgan fingerprint density at radius 1 is 1.47 bits per heavy atom. The third-order valence-electron chi connectivity index (χ3n) is 2.19. The normalized spacial score (nSPS) is 10.8. The number of aromatic nitrogens is 2. The fraction of sp³-hybridized carbons (Fsp3) is 0.364. The molecule has 0 fully saturated rings. The van der Waals surface area contributed by atoms with Crippen molar-refractivity contribution < 1.29 is 4.74 Å². The highest BCUT2D eigenvalue weighted by Gasteiger charge is 2.03. The number of nitrogens with two attached hydrogens (primary N) is 1. The highest BCUT2D eigenvalue weighted by molar-refractivity contribution is 5.76. The van der Waals surface area contributed by atoms with Crippen molar-refractivity contribution in [2.75, 3.05) is 13.2 Å². The highest BCUT2D eigenvalue weighted by Crippen LogP contribution is 2.19. The smallest absolute Gasteiger partial charge is 0.121 e. The SMILES string of the molecule is CCOc1ccc2nc(CCN)[nH]c2c1. The van der Waals surface area contributed by atoms with Gasteiger partial charge in [-0.1, -0.05) is 0 Å². The van der Waals surface area contributed by atoms with E-state index in [1.54, 1.807) is 0 Å². The number of benzene rings is 1. The average Bonchev–Trinajstić information content (AvgIpc) is 2.60. The topological polar surface area (TPSA) is 63.9 Å². The van der Waals surface area contributed by atoms with E-state index < -0.39 is 0 Å². The second kappa shape index (κ2) is 4.31. The molecule has 0 atom stereocenters. The van der Waals surface area contributed by atoms with Gasteiger partial charge in [0.05, 0.1) is 17.6 Å². The highest BCUT2D eigenvalue weighted by atomic mass is 16.5. The summed E-state index contributed by atoms with van der Waals surface area (Å²) in [5, 5.41) is 0. The van der Waals surface area contributed by atoms with Crippen molar-refractivity contribution in [1.29, 1.82) is 0 Å². The lowest BCUT2D eigenvalue weighted by atomic mass is 10.3. The van der Waals surface area contributed by atoms with Gasteiger partial charge in [0.25, 0.3) is 0 Å². The molecule has 4 heteroatoms. The average molecular weight is 205 g/mol. The summed E-state index contributed by atoms with van der Waals surface area (Å²) in [6.07, 6.45) is 0.776. The minimum Gasteiger partial charge on any atom is -0.494 e. The summed E-state index contributed by atoms with van der Waals surface area (Å²) in [6, 6.07) is 5.85. The van der Waals surface area contributed by atoms with Crippen LogP contribution in [0.4, 0.5) is 0 Å². The van der Waals surface area contributed by atoms with Crippen LogP contribution in [0.3, 0.4) is 0 Å². The summed E-state index contributed by atoms with van der Waals surface area (Å²) in [5.41, 5.74) is 7.44. The molecule has 0 saturated carbocycles. The van der Waals surface area contributed by atoms with Gasteiger partial charge in [-0.05, 0) is 25.6 Å². The molecule has 80 valence electrons. The molecule has 0 aliphatic heterocycles. The van der Waals surface area contributed by atoms with E-state index in [9.17, 15) is 0 Å². The number of aromatic amines is 1. The second-order valence-corrected chi connectivity index (χ2v) is 3.33. The van der Waals surface area contributed by atoms with E-state index in [4.69, 9.17) is 10.5 Å². The lowest BCUT2D eigenvalue weighted by molar-refractivity contribution is 0.340. The molecule has 0 amide bonds. The van der Waals surface area contributed by atoms with E-state index in [0.717, 1.165) is 29.0 Å². The van der Waals surface area contributed by atoms with Gasteiger partial charge in [-0.15, -0.1) is 0 Å². The molecule has 2 rings (SSSR count). The van der Waals surface area contributed by atoms with Crippen LogP contribution in [0.25, 0.3) is 11.0 Å². The largest absolute Gasteiger partial charge is 0.494 e. The zero-order valence-electron chi connectivity index (χ0n) is 8.79. The van der Waals surface area contributed by atoms with E-state index >= 15 is 0 Å². The number of hydrogen-bond acceptors (Lipinski definition) is 3. The van der Waals surface area contributed by atoms with Gasteiger partial charge in [-0.3, -0.25) is 0 Å². The molecular weight excluding hydrogens is 190 g/mol. The van der Waals surface area contributed by atoms with Crippen molar-refractivity contribution >= 4 is 11.0 Å². The first-order valence-corrected chi connectivity index (χ1v) is 5.15. The lowest BCUT2D eigenvalue weighted by Crippen LogP contribution is -2.03. The van der Waals surface area contributed by atoms with Crippen LogP contribution in [0.5, 0.6) is 5.75 Å². The van der Waals surface area contributed by atoms with Gasteiger partial charge >= 0.3 is 0 Å². The van der Waals surface area contributed by atoms with Crippen LogP contribution in [0.2, 0.25) is 0 Å². The van der Waals surface area contributed by atoms with Crippen LogP contribution in [0, 0.1) is 0 Å². The van der Waals surface area contributed by atoms with Crippen molar-refractivity contribution in [2.45, 2.75) is 13.3 Å². The van der Waals surface area contributed by atoms with E-state index in [2.05, 4.69) is 9.97 Å². The van der Waals surface area contributed by atoms with Crippen molar-refractivity contribution in [3.05, 3.63) is 24.0 Å². The lowest BCUT2D eigenvalue weighted by Gasteiger charge is -2.00. The predicted molar refractivity (Wildman–Crippen MR) is 60.0 cm³/mol. The summed E-state index contributed by atoms with van der Waals surface area (Å²) in [5.74, 6) is 1.80. The maximum Gasteiger partial charge on any atom is 0.121 e. The molecule has 0 saturated heterocycles. The van der Waals surface area contributed by atoms with Crippen molar-refractivity contribution in [1.82, 2.24) is 9.97 Å². The molecule has 0 radical (unpaired) electrons. The Labute approximate surface area is 88.5 Å². The Morgan fingerprint density at radius 3 is 3.07 bits per heavy atom. The number of imidazole rings is 1. The molecule has 0 spiro atoms. The van der Waals surface area contributed by atoms with Gasteiger partial charge in [0, 0.05) is 12.5 Å². The first-order chi connectivity index (χ1) is 7.33. The minimum atomic E-state index is 0.609. The predicted octanol–water partition coefficient (Wildman–Crippen LogP) is 1.46. The molecule has 1 aromatic heterocycles. The van der Waals surface area contributed by atoms with Gasteiger partial charge in [0.1, 0.15) is 11.6 Å². The molecular formula is C11H15N3O. The Bertz CT molecular complexity index is 446. The van der Waals surface area contributed by atoms with Gasteiger partial charge in [-0.2, -0.15) is 0 Å². The summed E-state index contributed by atoms with van der Waals surface area (Å²) < 4.78 is 5.41. The van der Waals surface area contributed by atoms with Crippen LogP contribution in [-0.2, 0) is 6.42 Å². The summed E-state index contributed by atoms with van der Waals surface area (Å²) in [6.45, 7) is 3.25. The molecule has 0 aliphatic carbocycles. The van der Waals surface area contributed by atoms with Gasteiger partial charge in [0.2, 0.25) is 0 Å². The molecule has 0 aliphatic rings. The van der Waals surface area contributed by atoms with Gasteiger partial charge < -0.3 is 15.5 Å². The first kappa shape index (κ1) is 9.98. The monoisotopic (exact) mass is 205 g/mol. The Kier molecular flexibility index (Phi) is 2.87. The van der Waals surface area contributed by atoms with E-state index in [-0.39, 0.29) is 0 Å². The Balaban J connectivity index is 2.34. The molecule has 3 N–H and O–H groups in total. The third-order valence-corrected chi connectivity index (χ3v) is 2.19. The van der Waals surface area contributed by atoms with Crippen LogP contribution in [0.1, 0.15) is 12.7 Å². The van der Waals surface area contributed by atoms with Crippen molar-refractivity contribution in [3.63, 3.8) is 0 Å². The van der Waals surface area contributed by atoms with Gasteiger partial charge in [-0.25, -0.2) is 4.98 Å². The maximum absolute atomic E-state index is 5.48. The van der Waals surface area contributed by atoms with Crippen LogP contribution >= 0.6 is 0 Å². The number of H-pyrrole nitrogens is 1. The maximum atomic E-state index is 5.48. The third kappa shape index (κ3) is 2.10. The van der Waals surface area contributed by atoms with Crippen LogP contribution < -0.4 is 10.5 Å². The number of rotatable bonds is 4. The number of ether oxygens (including phenoxy) is 1. The fourth-order valence-electron chi connectivity index (χ4n) is 1.55. The quantitative estimate of drug-likeness (QED) is 0.794. The van der Waals surface area contributed by atoms with Crippen LogP contribution in [-0.4, -0.2) is 23.1 Å². The molecule has 1 heterocycles. The van der Waals surface area contributed by atoms with E-state index in [1.165, 1.54) is 0 Å². The number of fused-ring (bicyclic) bond motifs is 1. The van der Waals surface area contributed by atoms with Crippen LogP contribution in [0.15, 0.2) is 18.2 Å². The Morgan fingerprint density at radius 2 is 2.33 bits per heavy atom. The number of hydrogen-bond donors (Lipinski definition) is 2. The van der Waals surface area contributed by atoms with E-state index in [1.807, 2.05) is 25.1 Å². The Hall–Kier alpha value is -1.55. The zero-order chi connectivity index (χ0) is 10.7. The van der Waals surface area contributed by atoms with E-state index in [0.29, 0.717) is 13.2 Å². The number of nitrogens with one attached hydrogen (secondary N) is 1. The first-order valence-electron chi connectivity index (χ1n) is 5.15. The van der Waals surface area contributed by atoms with Gasteiger partial charge in [0.15, 0.2) is 0 Å². The minimum absolute atomic E-state index is 0.609. The van der Waals surface area contributed by atoms with Crippen molar-refractivity contribution in [2.24, 2.45) is 5.73 Å². The molecule has 4 nitrogen and oxygen atoms in total. The number of nitrogens with zero attached hydrogens (tertiary/aromatic N) is 1. The summed E-state index contributed by atoms with van der Waals surface area (Å²) >= 11 is 0. The fourth-order valence-corrected chi connectivity index (χ4v) is 1.55. The zero-order valence-corrected chi connectivity index (χ0v) is 8.79. The van der Waals surface area contributed by atoms with Crippen molar-refractivity contribution in [3.8, 4) is 5.75 Å². The molecule has 0 bridgehead atoms. The summed E-state index contributed by atoms with van der Waals surface area (Å²) in [4.78, 5) is 7.64. The second-order valence-electron chi connectivity index (χ2n) is 3.33. The molecule has 1 aromatic carbocycles. The standard InChI is InChI=1S/C11H15N3O/c1-2-15-8-3-4-9-10(7-8)14-11(13-9)5-6-12/h3-4,7H,2,5-6,12H2,1H3,(H,13,14). The molecule has 15 heavy (non-hydrogen) atoms. The summed E-state index contributed by atoms with van der Waals surface area (Å²) in [7, 11) is 0. The molecule has 2 aromatic rings.